The molecular weight excluding hydrogens is 578 g/mol. The van der Waals surface area contributed by atoms with Gasteiger partial charge in [0, 0.05) is 39.7 Å². The summed E-state index contributed by atoms with van der Waals surface area (Å²) >= 11 is 5.88. The molecule has 0 aliphatic heterocycles. The van der Waals surface area contributed by atoms with E-state index in [-0.39, 0.29) is 17.0 Å². The third-order valence-electron chi connectivity index (χ3n) is 8.14. The van der Waals surface area contributed by atoms with E-state index in [1.165, 1.54) is 25.3 Å². The SMILES string of the molecule is CC1C(C#N)(C(=O)O)CC=C(Cl)C1(C)C(=O)O.O=c1[nH]cc(-c2ccccc2)c2ccccc12.c1ccc2ncccc2c1. The summed E-state index contributed by atoms with van der Waals surface area (Å²) in [5.74, 6) is -3.47. The molecule has 1 aliphatic rings. The summed E-state index contributed by atoms with van der Waals surface area (Å²) in [5.41, 5.74) is -0.106. The highest BCUT2D eigenvalue weighted by molar-refractivity contribution is 6.32. The Kier molecular flexibility index (Phi) is 9.62. The molecule has 2 heterocycles. The molecule has 0 amide bonds. The van der Waals surface area contributed by atoms with Gasteiger partial charge in [-0.3, -0.25) is 19.4 Å². The van der Waals surface area contributed by atoms with Crippen LogP contribution in [0.4, 0.5) is 0 Å². The van der Waals surface area contributed by atoms with Crippen LogP contribution in [0.5, 0.6) is 0 Å². The topological polar surface area (TPSA) is 144 Å². The second-order valence-electron chi connectivity index (χ2n) is 10.5. The van der Waals surface area contributed by atoms with Gasteiger partial charge < -0.3 is 15.2 Å². The molecule has 3 unspecified atom stereocenters. The summed E-state index contributed by atoms with van der Waals surface area (Å²) in [6, 6.07) is 31.5. The first-order chi connectivity index (χ1) is 21.1. The van der Waals surface area contributed by atoms with Gasteiger partial charge in [0.2, 0.25) is 0 Å². The maximum atomic E-state index is 11.7. The zero-order valence-corrected chi connectivity index (χ0v) is 24.8. The molecule has 2 aromatic heterocycles. The molecule has 0 radical (unpaired) electrons. The van der Waals surface area contributed by atoms with Crippen molar-refractivity contribution in [1.29, 1.82) is 5.26 Å². The van der Waals surface area contributed by atoms with Crippen molar-refractivity contribution in [3.8, 4) is 17.2 Å². The highest BCUT2D eigenvalue weighted by Gasteiger charge is 2.58. The van der Waals surface area contributed by atoms with Gasteiger partial charge >= 0.3 is 11.9 Å². The number of aromatic nitrogens is 2. The lowest BCUT2D eigenvalue weighted by molar-refractivity contribution is -0.158. The standard InChI is InChI=1S/C15H11NO.C11H12ClNO4.C9H7N/c17-15-13-9-5-4-8-12(13)14(10-16-15)11-6-2-1-3-7-11;1-6-10(2,8(14)15)7(12)3-4-11(6,5-13)9(16)17;1-2-6-9-8(4-1)5-3-7-10-9/h1-10H,(H,16,17);3,6H,4H2,1-2H3,(H,14,15)(H,16,17);1-7H. The molecule has 3 atom stereocenters. The van der Waals surface area contributed by atoms with Gasteiger partial charge in [-0.2, -0.15) is 5.26 Å². The van der Waals surface area contributed by atoms with Crippen LogP contribution in [0.3, 0.4) is 0 Å². The number of carboxylic acid groups (broad SMARTS) is 2. The van der Waals surface area contributed by atoms with Gasteiger partial charge in [-0.05, 0) is 42.5 Å². The van der Waals surface area contributed by atoms with Gasteiger partial charge in [0.15, 0.2) is 5.41 Å². The number of H-pyrrole nitrogens is 1. The van der Waals surface area contributed by atoms with Crippen LogP contribution in [-0.4, -0.2) is 32.1 Å². The quantitative estimate of drug-likeness (QED) is 0.196. The van der Waals surface area contributed by atoms with Crippen molar-refractivity contribution < 1.29 is 19.8 Å². The summed E-state index contributed by atoms with van der Waals surface area (Å²) in [7, 11) is 0. The maximum Gasteiger partial charge on any atom is 0.324 e. The van der Waals surface area contributed by atoms with Crippen molar-refractivity contribution in [2.24, 2.45) is 16.7 Å². The summed E-state index contributed by atoms with van der Waals surface area (Å²) < 4.78 is 0. The summed E-state index contributed by atoms with van der Waals surface area (Å²) in [6.45, 7) is 2.77. The Morgan fingerprint density at radius 1 is 0.932 bits per heavy atom. The minimum atomic E-state index is -1.74. The van der Waals surface area contributed by atoms with E-state index in [0.29, 0.717) is 0 Å². The molecule has 3 N–H and O–H groups in total. The molecule has 44 heavy (non-hydrogen) atoms. The number of hydrogen-bond donors (Lipinski definition) is 3. The highest BCUT2D eigenvalue weighted by Crippen LogP contribution is 2.52. The molecule has 6 rings (SSSR count). The molecule has 3 aromatic carbocycles. The minimum Gasteiger partial charge on any atom is -0.481 e. The summed E-state index contributed by atoms with van der Waals surface area (Å²) in [4.78, 5) is 41.2. The number of hydrogen-bond acceptors (Lipinski definition) is 5. The maximum absolute atomic E-state index is 11.7. The van der Waals surface area contributed by atoms with E-state index >= 15 is 0 Å². The Bertz CT molecular complexity index is 1880. The van der Waals surface area contributed by atoms with Crippen molar-refractivity contribution in [3.05, 3.63) is 125 Å². The number of fused-ring (bicyclic) bond motifs is 2. The van der Waals surface area contributed by atoms with Gasteiger partial charge in [0.25, 0.3) is 5.56 Å². The Balaban J connectivity index is 0.000000156. The lowest BCUT2D eigenvalue weighted by Gasteiger charge is -2.42. The predicted molar refractivity (Wildman–Crippen MR) is 171 cm³/mol. The molecule has 0 fully saturated rings. The largest absolute Gasteiger partial charge is 0.481 e. The number of pyridine rings is 2. The van der Waals surface area contributed by atoms with Crippen LogP contribution in [0.15, 0.2) is 119 Å². The van der Waals surface area contributed by atoms with Crippen molar-refractivity contribution in [2.45, 2.75) is 20.3 Å². The van der Waals surface area contributed by atoms with E-state index in [1.54, 1.807) is 12.3 Å². The molecule has 0 spiro atoms. The normalized spacial score (nSPS) is 20.6. The minimum absolute atomic E-state index is 0.0414. The van der Waals surface area contributed by atoms with Crippen LogP contribution in [0.25, 0.3) is 32.8 Å². The number of nitriles is 1. The number of carbonyl (C=O) groups is 2. The first-order valence-corrected chi connectivity index (χ1v) is 14.1. The number of rotatable bonds is 3. The van der Waals surface area contributed by atoms with Crippen molar-refractivity contribution >= 4 is 45.2 Å². The zero-order valence-electron chi connectivity index (χ0n) is 24.1. The van der Waals surface area contributed by atoms with Gasteiger partial charge in [-0.1, -0.05) is 97.4 Å². The molecule has 8 nitrogen and oxygen atoms in total. The van der Waals surface area contributed by atoms with Crippen LogP contribution in [0.2, 0.25) is 0 Å². The van der Waals surface area contributed by atoms with Crippen LogP contribution >= 0.6 is 11.6 Å². The lowest BCUT2D eigenvalue weighted by atomic mass is 9.59. The fourth-order valence-corrected chi connectivity index (χ4v) is 5.49. The monoisotopic (exact) mass is 607 g/mol. The van der Waals surface area contributed by atoms with Gasteiger partial charge in [0.1, 0.15) is 5.41 Å². The molecule has 0 saturated heterocycles. The van der Waals surface area contributed by atoms with Crippen molar-refractivity contribution in [2.75, 3.05) is 0 Å². The number of benzene rings is 3. The number of allylic oxidation sites excluding steroid dienone is 1. The third kappa shape index (κ3) is 6.10. The molecule has 0 bridgehead atoms. The van der Waals surface area contributed by atoms with E-state index in [1.807, 2.05) is 85.1 Å². The van der Waals surface area contributed by atoms with E-state index < -0.39 is 28.7 Å². The number of para-hydroxylation sites is 1. The van der Waals surface area contributed by atoms with Gasteiger partial charge in [-0.25, -0.2) is 0 Å². The number of nitrogens with one attached hydrogen (secondary N) is 1. The fraction of sp³-hybridized carbons (Fsp3) is 0.171. The summed E-state index contributed by atoms with van der Waals surface area (Å²) in [5, 5.41) is 30.5. The van der Waals surface area contributed by atoms with Gasteiger partial charge in [0.05, 0.1) is 11.6 Å². The highest BCUT2D eigenvalue weighted by atomic mass is 35.5. The van der Waals surface area contributed by atoms with Crippen LogP contribution in [0, 0.1) is 28.1 Å². The van der Waals surface area contributed by atoms with E-state index in [9.17, 15) is 24.6 Å². The molecule has 222 valence electrons. The molecule has 0 saturated carbocycles. The Labute approximate surface area is 258 Å². The molecular formula is C35H30ClN3O5. The molecule has 5 aromatic rings. The fourth-order valence-electron chi connectivity index (χ4n) is 5.17. The van der Waals surface area contributed by atoms with Gasteiger partial charge in [-0.15, -0.1) is 0 Å². The average molecular weight is 608 g/mol. The van der Waals surface area contributed by atoms with E-state index in [2.05, 4.69) is 22.1 Å². The second-order valence-corrected chi connectivity index (χ2v) is 10.9. The Morgan fingerprint density at radius 3 is 2.18 bits per heavy atom. The van der Waals surface area contributed by atoms with Crippen LogP contribution in [-0.2, 0) is 9.59 Å². The lowest BCUT2D eigenvalue weighted by Crippen LogP contribution is -2.50. The van der Waals surface area contributed by atoms with E-state index in [0.717, 1.165) is 27.4 Å². The third-order valence-corrected chi connectivity index (χ3v) is 8.68. The van der Waals surface area contributed by atoms with Crippen LogP contribution < -0.4 is 5.56 Å². The number of carboxylic acids is 2. The number of halogens is 1. The van der Waals surface area contributed by atoms with Crippen LogP contribution in [0.1, 0.15) is 20.3 Å². The Morgan fingerprint density at radius 2 is 1.55 bits per heavy atom. The smallest absolute Gasteiger partial charge is 0.324 e. The number of aromatic amines is 1. The van der Waals surface area contributed by atoms with Crippen molar-refractivity contribution in [3.63, 3.8) is 0 Å². The predicted octanol–water partition coefficient (Wildman–Crippen LogP) is 7.26. The zero-order chi connectivity index (χ0) is 31.9. The number of nitrogens with zero attached hydrogens (tertiary/aromatic N) is 2. The molecule has 1 aliphatic carbocycles. The molecule has 9 heteroatoms. The van der Waals surface area contributed by atoms with Crippen molar-refractivity contribution in [1.82, 2.24) is 9.97 Å². The Hall–Kier alpha value is -5.26. The first-order valence-electron chi connectivity index (χ1n) is 13.8. The average Bonchev–Trinajstić information content (AvgIpc) is 3.05. The first kappa shape index (κ1) is 31.7. The van der Waals surface area contributed by atoms with E-state index in [4.69, 9.17) is 16.9 Å². The summed E-state index contributed by atoms with van der Waals surface area (Å²) in [6.07, 6.45) is 4.82. The number of aliphatic carboxylic acids is 2. The second kappa shape index (κ2) is 13.4.